The largest absolute Gasteiger partial charge is 0.487 e. The molecule has 7 heteroatoms. The van der Waals surface area contributed by atoms with Crippen LogP contribution >= 0.6 is 0 Å². The van der Waals surface area contributed by atoms with E-state index in [1.54, 1.807) is 0 Å². The normalized spacial score (nSPS) is 20.7. The van der Waals surface area contributed by atoms with Gasteiger partial charge in [-0.3, -0.25) is 4.79 Å². The molecular weight excluding hydrogens is 322 g/mol. The second-order valence-electron chi connectivity index (χ2n) is 6.69. The Morgan fingerprint density at radius 1 is 1.28 bits per heavy atom. The first-order valence-electron chi connectivity index (χ1n) is 8.43. The van der Waals surface area contributed by atoms with Gasteiger partial charge in [-0.15, -0.1) is 0 Å². The second-order valence-corrected chi connectivity index (χ2v) is 6.69. The molecule has 130 valence electrons. The van der Waals surface area contributed by atoms with Crippen LogP contribution in [-0.4, -0.2) is 32.6 Å². The average Bonchev–Trinajstić information content (AvgIpc) is 3.24. The van der Waals surface area contributed by atoms with Gasteiger partial charge in [-0.2, -0.15) is 0 Å². The molecule has 2 aromatic rings. The van der Waals surface area contributed by atoms with Crippen LogP contribution in [0.2, 0.25) is 0 Å². The molecule has 1 fully saturated rings. The number of carboxylic acids is 1. The van der Waals surface area contributed by atoms with Gasteiger partial charge in [0.15, 0.2) is 11.4 Å². The molecule has 1 spiro atoms. The van der Waals surface area contributed by atoms with Crippen molar-refractivity contribution >= 4 is 11.9 Å². The lowest BCUT2D eigenvalue weighted by atomic mass is 9.86. The fraction of sp³-hybridized carbons (Fsp3) is 0.389. The minimum absolute atomic E-state index is 0.100. The number of aromatic carboxylic acids is 1. The Labute approximate surface area is 144 Å². The predicted octanol–water partition coefficient (Wildman–Crippen LogP) is 2.67. The van der Waals surface area contributed by atoms with Crippen molar-refractivity contribution in [3.05, 3.63) is 47.5 Å². The summed E-state index contributed by atoms with van der Waals surface area (Å²) in [6, 6.07) is 7.46. The lowest BCUT2D eigenvalue weighted by molar-refractivity contribution is 0.0359. The number of amides is 1. The van der Waals surface area contributed by atoms with Crippen molar-refractivity contribution in [2.45, 2.75) is 43.7 Å². The Morgan fingerprint density at radius 2 is 2.04 bits per heavy atom. The molecule has 2 heterocycles. The first kappa shape index (κ1) is 15.7. The van der Waals surface area contributed by atoms with E-state index in [1.807, 2.05) is 24.3 Å². The summed E-state index contributed by atoms with van der Waals surface area (Å²) in [6.07, 6.45) is 6.07. The summed E-state index contributed by atoms with van der Waals surface area (Å²) in [4.78, 5) is 30.2. The van der Waals surface area contributed by atoms with Crippen LogP contribution in [0.1, 0.15) is 64.7 Å². The lowest BCUT2D eigenvalue weighted by Gasteiger charge is -2.40. The van der Waals surface area contributed by atoms with E-state index in [4.69, 9.17) is 9.84 Å². The maximum Gasteiger partial charge on any atom is 0.354 e. The summed E-state index contributed by atoms with van der Waals surface area (Å²) in [6.45, 7) is 0. The van der Waals surface area contributed by atoms with Crippen molar-refractivity contribution in [2.24, 2.45) is 0 Å². The molecule has 1 atom stereocenters. The van der Waals surface area contributed by atoms with Crippen molar-refractivity contribution < 1.29 is 19.4 Å². The maximum absolute atomic E-state index is 12.6. The van der Waals surface area contributed by atoms with Gasteiger partial charge in [-0.1, -0.05) is 18.2 Å². The van der Waals surface area contributed by atoms with Crippen LogP contribution in [0.3, 0.4) is 0 Å². The zero-order valence-corrected chi connectivity index (χ0v) is 13.6. The van der Waals surface area contributed by atoms with E-state index in [1.165, 1.54) is 6.33 Å². The average molecular weight is 341 g/mol. The van der Waals surface area contributed by atoms with Gasteiger partial charge in [-0.05, 0) is 31.7 Å². The van der Waals surface area contributed by atoms with Gasteiger partial charge in [0.25, 0.3) is 5.91 Å². The number of fused-ring (bicyclic) bond motifs is 1. The number of carbonyl (C=O) groups is 2. The summed E-state index contributed by atoms with van der Waals surface area (Å²) in [7, 11) is 0. The summed E-state index contributed by atoms with van der Waals surface area (Å²) in [5.41, 5.74) is 0.374. The number of carbonyl (C=O) groups excluding carboxylic acids is 1. The maximum atomic E-state index is 12.6. The number of nitrogens with zero attached hydrogens (tertiary/aromatic N) is 1. The molecule has 1 aliphatic heterocycles. The Balaban J connectivity index is 1.63. The quantitative estimate of drug-likeness (QED) is 0.796. The predicted molar refractivity (Wildman–Crippen MR) is 88.6 cm³/mol. The Morgan fingerprint density at radius 3 is 2.80 bits per heavy atom. The van der Waals surface area contributed by atoms with Gasteiger partial charge < -0.3 is 20.1 Å². The minimum atomic E-state index is -1.21. The number of aromatic amines is 1. The summed E-state index contributed by atoms with van der Waals surface area (Å²) in [5.74, 6) is -0.905. The monoisotopic (exact) mass is 341 g/mol. The molecule has 0 radical (unpaired) electrons. The van der Waals surface area contributed by atoms with Crippen LogP contribution in [0.25, 0.3) is 0 Å². The summed E-state index contributed by atoms with van der Waals surface area (Å²) < 4.78 is 6.28. The highest BCUT2D eigenvalue weighted by atomic mass is 16.5. The molecule has 1 saturated carbocycles. The Kier molecular flexibility index (Phi) is 3.71. The summed E-state index contributed by atoms with van der Waals surface area (Å²) >= 11 is 0. The topological polar surface area (TPSA) is 104 Å². The number of benzene rings is 1. The zero-order chi connectivity index (χ0) is 17.4. The molecule has 1 amide bonds. The molecule has 4 rings (SSSR count). The van der Waals surface area contributed by atoms with Gasteiger partial charge in [0.05, 0.1) is 12.4 Å². The standard InChI is InChI=1S/C18H19N3O4/c22-16(14-15(17(23)24)20-10-19-14)21-12-9-18(7-3-4-8-18)25-13-6-2-1-5-11(12)13/h1-2,5-6,10,12H,3-4,7-9H2,(H,19,20)(H,21,22)(H,23,24)/t12-/m0/s1. The SMILES string of the molecule is O=C(N[C@H]1CC2(CCCC2)Oc2ccccc21)c1nc[nH]c1C(=O)O. The van der Waals surface area contributed by atoms with E-state index in [9.17, 15) is 9.59 Å². The molecule has 0 bridgehead atoms. The number of carboxylic acid groups (broad SMARTS) is 1. The second kappa shape index (κ2) is 5.91. The van der Waals surface area contributed by atoms with Crippen LogP contribution in [0.5, 0.6) is 5.75 Å². The van der Waals surface area contributed by atoms with Crippen molar-refractivity contribution in [1.82, 2.24) is 15.3 Å². The highest BCUT2D eigenvalue weighted by Gasteiger charge is 2.43. The number of hydrogen-bond donors (Lipinski definition) is 3. The van der Waals surface area contributed by atoms with Gasteiger partial charge in [-0.25, -0.2) is 9.78 Å². The third-order valence-electron chi connectivity index (χ3n) is 5.09. The van der Waals surface area contributed by atoms with E-state index in [0.717, 1.165) is 37.0 Å². The van der Waals surface area contributed by atoms with E-state index >= 15 is 0 Å². The Hall–Kier alpha value is -2.83. The molecule has 7 nitrogen and oxygen atoms in total. The van der Waals surface area contributed by atoms with Gasteiger partial charge in [0.2, 0.25) is 0 Å². The van der Waals surface area contributed by atoms with Gasteiger partial charge >= 0.3 is 5.97 Å². The molecule has 1 aromatic heterocycles. The van der Waals surface area contributed by atoms with Gasteiger partial charge in [0, 0.05) is 12.0 Å². The molecule has 2 aliphatic rings. The van der Waals surface area contributed by atoms with Crippen LogP contribution in [0, 0.1) is 0 Å². The first-order chi connectivity index (χ1) is 12.1. The number of H-pyrrole nitrogens is 1. The highest BCUT2D eigenvalue weighted by molar-refractivity contribution is 6.02. The Bertz CT molecular complexity index is 823. The minimum Gasteiger partial charge on any atom is -0.487 e. The molecule has 1 aliphatic carbocycles. The van der Waals surface area contributed by atoms with Gasteiger partial charge in [0.1, 0.15) is 11.4 Å². The third kappa shape index (κ3) is 2.75. The molecule has 3 N–H and O–H groups in total. The third-order valence-corrected chi connectivity index (χ3v) is 5.09. The first-order valence-corrected chi connectivity index (χ1v) is 8.43. The summed E-state index contributed by atoms with van der Waals surface area (Å²) in [5, 5.41) is 12.1. The number of imidazole rings is 1. The van der Waals surface area contributed by atoms with Crippen LogP contribution in [0.15, 0.2) is 30.6 Å². The molecule has 0 saturated heterocycles. The molecule has 25 heavy (non-hydrogen) atoms. The highest BCUT2D eigenvalue weighted by Crippen LogP contribution is 2.47. The van der Waals surface area contributed by atoms with E-state index in [2.05, 4.69) is 15.3 Å². The van der Waals surface area contributed by atoms with E-state index in [0.29, 0.717) is 6.42 Å². The van der Waals surface area contributed by atoms with Crippen molar-refractivity contribution in [3.63, 3.8) is 0 Å². The zero-order valence-electron chi connectivity index (χ0n) is 13.6. The number of hydrogen-bond acceptors (Lipinski definition) is 4. The smallest absolute Gasteiger partial charge is 0.354 e. The van der Waals surface area contributed by atoms with Crippen LogP contribution in [0.4, 0.5) is 0 Å². The van der Waals surface area contributed by atoms with E-state index in [-0.39, 0.29) is 23.0 Å². The number of ether oxygens (including phenoxy) is 1. The van der Waals surface area contributed by atoms with Crippen molar-refractivity contribution in [1.29, 1.82) is 0 Å². The fourth-order valence-corrected chi connectivity index (χ4v) is 3.93. The number of rotatable bonds is 3. The van der Waals surface area contributed by atoms with Crippen LogP contribution < -0.4 is 10.1 Å². The molecular formula is C18H19N3O4. The number of para-hydroxylation sites is 1. The van der Waals surface area contributed by atoms with Crippen molar-refractivity contribution in [3.8, 4) is 5.75 Å². The number of aromatic nitrogens is 2. The van der Waals surface area contributed by atoms with Crippen molar-refractivity contribution in [2.75, 3.05) is 0 Å². The number of nitrogens with one attached hydrogen (secondary N) is 2. The molecule has 1 aromatic carbocycles. The fourth-order valence-electron chi connectivity index (χ4n) is 3.93. The van der Waals surface area contributed by atoms with E-state index < -0.39 is 11.9 Å². The lowest BCUT2D eigenvalue weighted by Crippen LogP contribution is -2.43. The molecule has 0 unspecified atom stereocenters. The van der Waals surface area contributed by atoms with Crippen LogP contribution in [-0.2, 0) is 0 Å².